The van der Waals surface area contributed by atoms with E-state index in [1.54, 1.807) is 0 Å². The maximum atomic E-state index is 12.4. The first-order chi connectivity index (χ1) is 12.9. The molecule has 0 bridgehead atoms. The molecule has 0 spiro atoms. The molecule has 2 aliphatic rings. The van der Waals surface area contributed by atoms with E-state index in [1.807, 2.05) is 4.90 Å². The molecule has 2 heterocycles. The highest BCUT2D eigenvalue weighted by Crippen LogP contribution is 2.25. The second-order valence-electron chi connectivity index (χ2n) is 8.65. The molecule has 0 saturated carbocycles. The Bertz CT molecular complexity index is 562. The van der Waals surface area contributed by atoms with Crippen molar-refractivity contribution in [1.82, 2.24) is 9.80 Å². The van der Waals surface area contributed by atoms with Gasteiger partial charge >= 0.3 is 6.18 Å². The van der Waals surface area contributed by atoms with Gasteiger partial charge in [-0.2, -0.15) is 13.2 Å². The number of likely N-dealkylation sites (tertiary alicyclic amines) is 2. The summed E-state index contributed by atoms with van der Waals surface area (Å²) >= 11 is 0. The smallest absolute Gasteiger partial charge is 0.303 e. The Balaban J connectivity index is 1.45. The van der Waals surface area contributed by atoms with Crippen molar-refractivity contribution in [2.45, 2.75) is 58.2 Å². The summed E-state index contributed by atoms with van der Waals surface area (Å²) in [6.45, 7) is 7.50. The quantitative estimate of drug-likeness (QED) is 0.673. The van der Waals surface area contributed by atoms with E-state index in [1.165, 1.54) is 37.1 Å². The van der Waals surface area contributed by atoms with Gasteiger partial charge in [0.25, 0.3) is 0 Å². The highest BCUT2D eigenvalue weighted by Gasteiger charge is 2.29. The van der Waals surface area contributed by atoms with Crippen LogP contribution in [0.4, 0.5) is 13.2 Å². The van der Waals surface area contributed by atoms with Crippen molar-refractivity contribution in [2.75, 3.05) is 32.7 Å². The van der Waals surface area contributed by atoms with E-state index in [2.05, 4.69) is 36.1 Å². The zero-order chi connectivity index (χ0) is 19.3. The lowest BCUT2D eigenvalue weighted by atomic mass is 9.91. The van der Waals surface area contributed by atoms with Gasteiger partial charge < -0.3 is 4.90 Å². The van der Waals surface area contributed by atoms with Crippen LogP contribution in [0.1, 0.15) is 50.2 Å². The first-order valence-corrected chi connectivity index (χ1v) is 10.5. The Morgan fingerprint density at radius 3 is 2.26 bits per heavy atom. The molecule has 3 rings (SSSR count). The van der Waals surface area contributed by atoms with Crippen LogP contribution < -0.4 is 0 Å². The lowest BCUT2D eigenvalue weighted by Crippen LogP contribution is -2.38. The Hall–Kier alpha value is -1.07. The van der Waals surface area contributed by atoms with Crippen LogP contribution in [0.5, 0.6) is 0 Å². The fourth-order valence-corrected chi connectivity index (χ4v) is 4.40. The second-order valence-corrected chi connectivity index (χ2v) is 8.65. The molecule has 0 amide bonds. The molecule has 2 fully saturated rings. The molecule has 1 atom stereocenters. The minimum Gasteiger partial charge on any atom is -0.303 e. The van der Waals surface area contributed by atoms with E-state index in [0.717, 1.165) is 44.8 Å². The van der Waals surface area contributed by atoms with Gasteiger partial charge in [-0.15, -0.1) is 0 Å². The van der Waals surface area contributed by atoms with E-state index >= 15 is 0 Å². The minimum atomic E-state index is -4.05. The summed E-state index contributed by atoms with van der Waals surface area (Å²) in [6.07, 6.45) is 0.961. The lowest BCUT2D eigenvalue weighted by Gasteiger charge is -2.33. The van der Waals surface area contributed by atoms with Gasteiger partial charge in [-0.1, -0.05) is 31.2 Å². The second kappa shape index (κ2) is 9.42. The van der Waals surface area contributed by atoms with E-state index in [-0.39, 0.29) is 6.54 Å². The van der Waals surface area contributed by atoms with Gasteiger partial charge in [-0.25, -0.2) is 0 Å². The van der Waals surface area contributed by atoms with Crippen molar-refractivity contribution in [3.05, 3.63) is 35.4 Å². The SMILES string of the molecule is CC1CCN(Cc2ccc(CC3CCCN(CCC(F)(F)F)C3)cc2)CC1. The average molecular weight is 383 g/mol. The van der Waals surface area contributed by atoms with E-state index in [4.69, 9.17) is 0 Å². The number of halogens is 3. The van der Waals surface area contributed by atoms with Gasteiger partial charge in [0.2, 0.25) is 0 Å². The number of nitrogens with zero attached hydrogens (tertiary/aromatic N) is 2. The first kappa shape index (κ1) is 20.7. The summed E-state index contributed by atoms with van der Waals surface area (Å²) in [4.78, 5) is 4.53. The maximum absolute atomic E-state index is 12.4. The number of alkyl halides is 3. The van der Waals surface area contributed by atoms with Crippen molar-refractivity contribution in [1.29, 1.82) is 0 Å². The third-order valence-corrected chi connectivity index (χ3v) is 6.14. The number of rotatable bonds is 6. The topological polar surface area (TPSA) is 6.48 Å². The normalized spacial score (nSPS) is 23.6. The summed E-state index contributed by atoms with van der Waals surface area (Å²) in [6, 6.07) is 8.91. The van der Waals surface area contributed by atoms with E-state index in [0.29, 0.717) is 5.92 Å². The summed E-state index contributed by atoms with van der Waals surface area (Å²) < 4.78 is 37.3. The van der Waals surface area contributed by atoms with E-state index in [9.17, 15) is 13.2 Å². The first-order valence-electron chi connectivity index (χ1n) is 10.5. The average Bonchev–Trinajstić information content (AvgIpc) is 2.63. The molecule has 152 valence electrons. The molecule has 0 radical (unpaired) electrons. The Morgan fingerprint density at radius 1 is 0.926 bits per heavy atom. The molecule has 1 aromatic carbocycles. The summed E-state index contributed by atoms with van der Waals surface area (Å²) in [5.74, 6) is 1.33. The molecular formula is C22H33F3N2. The fraction of sp³-hybridized carbons (Fsp3) is 0.727. The molecule has 27 heavy (non-hydrogen) atoms. The molecule has 2 saturated heterocycles. The van der Waals surface area contributed by atoms with Crippen LogP contribution in [0.25, 0.3) is 0 Å². The predicted octanol–water partition coefficient (Wildman–Crippen LogP) is 5.13. The Kier molecular flexibility index (Phi) is 7.21. The number of benzene rings is 1. The minimum absolute atomic E-state index is 0.146. The number of hydrogen-bond donors (Lipinski definition) is 0. The van der Waals surface area contributed by atoms with Crippen LogP contribution in [0.15, 0.2) is 24.3 Å². The van der Waals surface area contributed by atoms with Gasteiger partial charge in [-0.3, -0.25) is 4.90 Å². The van der Waals surface area contributed by atoms with Crippen LogP contribution in [-0.4, -0.2) is 48.7 Å². The molecule has 2 aliphatic heterocycles. The zero-order valence-electron chi connectivity index (χ0n) is 16.5. The van der Waals surface area contributed by atoms with Gasteiger partial charge in [0.05, 0.1) is 6.42 Å². The van der Waals surface area contributed by atoms with E-state index < -0.39 is 12.6 Å². The fourth-order valence-electron chi connectivity index (χ4n) is 4.40. The zero-order valence-corrected chi connectivity index (χ0v) is 16.5. The largest absolute Gasteiger partial charge is 0.390 e. The van der Waals surface area contributed by atoms with Crippen molar-refractivity contribution in [3.63, 3.8) is 0 Å². The van der Waals surface area contributed by atoms with Crippen molar-refractivity contribution in [2.24, 2.45) is 11.8 Å². The highest BCUT2D eigenvalue weighted by atomic mass is 19.4. The third kappa shape index (κ3) is 7.11. The lowest BCUT2D eigenvalue weighted by molar-refractivity contribution is -0.138. The molecule has 0 aromatic heterocycles. The Labute approximate surface area is 161 Å². The van der Waals surface area contributed by atoms with Gasteiger partial charge in [0.1, 0.15) is 0 Å². The van der Waals surface area contributed by atoms with Crippen LogP contribution in [0.3, 0.4) is 0 Å². The van der Waals surface area contributed by atoms with Crippen LogP contribution >= 0.6 is 0 Å². The predicted molar refractivity (Wildman–Crippen MR) is 104 cm³/mol. The number of piperidine rings is 2. The maximum Gasteiger partial charge on any atom is 0.390 e. The highest BCUT2D eigenvalue weighted by molar-refractivity contribution is 5.23. The van der Waals surface area contributed by atoms with Crippen LogP contribution in [-0.2, 0) is 13.0 Å². The number of hydrogen-bond acceptors (Lipinski definition) is 2. The van der Waals surface area contributed by atoms with Crippen molar-refractivity contribution >= 4 is 0 Å². The Morgan fingerprint density at radius 2 is 1.59 bits per heavy atom. The molecule has 1 aromatic rings. The molecule has 0 aliphatic carbocycles. The summed E-state index contributed by atoms with van der Waals surface area (Å²) in [5.41, 5.74) is 2.68. The molecule has 0 N–H and O–H groups in total. The van der Waals surface area contributed by atoms with Crippen LogP contribution in [0.2, 0.25) is 0 Å². The van der Waals surface area contributed by atoms with Crippen molar-refractivity contribution in [3.8, 4) is 0 Å². The van der Waals surface area contributed by atoms with Gasteiger partial charge in [0, 0.05) is 19.6 Å². The van der Waals surface area contributed by atoms with Gasteiger partial charge in [0.15, 0.2) is 0 Å². The monoisotopic (exact) mass is 382 g/mol. The molecule has 5 heteroatoms. The summed E-state index contributed by atoms with van der Waals surface area (Å²) in [7, 11) is 0. The molecule has 2 nitrogen and oxygen atoms in total. The summed E-state index contributed by atoms with van der Waals surface area (Å²) in [5, 5.41) is 0. The van der Waals surface area contributed by atoms with Gasteiger partial charge in [-0.05, 0) is 74.7 Å². The third-order valence-electron chi connectivity index (χ3n) is 6.14. The standard InChI is InChI=1S/C22H33F3N2/c1-18-8-12-27(13-9-18)16-20-6-4-19(5-7-20)15-21-3-2-11-26(17-21)14-10-22(23,24)25/h4-7,18,21H,2-3,8-17H2,1H3. The molecule has 1 unspecified atom stereocenters. The van der Waals surface area contributed by atoms with Crippen molar-refractivity contribution < 1.29 is 13.2 Å². The molecular weight excluding hydrogens is 349 g/mol. The van der Waals surface area contributed by atoms with Crippen LogP contribution in [0, 0.1) is 11.8 Å².